The van der Waals surface area contributed by atoms with E-state index in [0.29, 0.717) is 15.7 Å². The molecule has 0 heterocycles. The molecule has 0 atom stereocenters. The lowest BCUT2D eigenvalue weighted by Crippen LogP contribution is -2.01. The second kappa shape index (κ2) is 5.38. The van der Waals surface area contributed by atoms with Gasteiger partial charge in [0.25, 0.3) is 0 Å². The standard InChI is InChI=1S/C13H9Cl2NO3/c14-7-1-3-10(15)12(5-7)19-11-4-2-8(16)6-9(11)13(17)18/h1-6H,16H2,(H,17,18). The van der Waals surface area contributed by atoms with Crippen LogP contribution in [-0.2, 0) is 0 Å². The van der Waals surface area contributed by atoms with Crippen LogP contribution in [0.3, 0.4) is 0 Å². The summed E-state index contributed by atoms with van der Waals surface area (Å²) >= 11 is 11.8. The molecule has 2 rings (SSSR count). The molecule has 98 valence electrons. The van der Waals surface area contributed by atoms with Crippen LogP contribution in [0, 0.1) is 0 Å². The number of hydrogen-bond donors (Lipinski definition) is 2. The fourth-order valence-electron chi connectivity index (χ4n) is 1.48. The van der Waals surface area contributed by atoms with Gasteiger partial charge in [0.2, 0.25) is 0 Å². The summed E-state index contributed by atoms with van der Waals surface area (Å²) in [4.78, 5) is 11.1. The lowest BCUT2D eigenvalue weighted by atomic mass is 10.2. The topological polar surface area (TPSA) is 72.5 Å². The predicted molar refractivity (Wildman–Crippen MR) is 74.3 cm³/mol. The molecule has 0 spiro atoms. The number of nitrogen functional groups attached to an aromatic ring is 1. The first-order valence-electron chi connectivity index (χ1n) is 5.23. The van der Waals surface area contributed by atoms with Gasteiger partial charge in [-0.1, -0.05) is 23.2 Å². The summed E-state index contributed by atoms with van der Waals surface area (Å²) in [6.45, 7) is 0. The Balaban J connectivity index is 2.43. The number of carboxylic acids is 1. The van der Waals surface area contributed by atoms with Gasteiger partial charge in [-0.3, -0.25) is 0 Å². The number of nitrogens with two attached hydrogens (primary N) is 1. The summed E-state index contributed by atoms with van der Waals surface area (Å²) in [6.07, 6.45) is 0. The van der Waals surface area contributed by atoms with Crippen LogP contribution in [0.1, 0.15) is 10.4 Å². The number of anilines is 1. The number of hydrogen-bond acceptors (Lipinski definition) is 3. The van der Waals surface area contributed by atoms with Gasteiger partial charge in [-0.15, -0.1) is 0 Å². The van der Waals surface area contributed by atoms with Crippen molar-refractivity contribution in [2.45, 2.75) is 0 Å². The molecule has 0 radical (unpaired) electrons. The highest BCUT2D eigenvalue weighted by Crippen LogP contribution is 2.34. The zero-order valence-electron chi connectivity index (χ0n) is 9.56. The predicted octanol–water partition coefficient (Wildman–Crippen LogP) is 4.07. The zero-order valence-corrected chi connectivity index (χ0v) is 11.1. The molecular formula is C13H9Cl2NO3. The first-order valence-corrected chi connectivity index (χ1v) is 5.98. The van der Waals surface area contributed by atoms with Crippen molar-refractivity contribution < 1.29 is 14.6 Å². The molecule has 2 aromatic rings. The molecular weight excluding hydrogens is 289 g/mol. The van der Waals surface area contributed by atoms with Crippen molar-refractivity contribution in [1.29, 1.82) is 0 Å². The van der Waals surface area contributed by atoms with Crippen LogP contribution in [0.4, 0.5) is 5.69 Å². The molecule has 6 heteroatoms. The van der Waals surface area contributed by atoms with Crippen LogP contribution in [-0.4, -0.2) is 11.1 Å². The van der Waals surface area contributed by atoms with Crippen molar-refractivity contribution >= 4 is 34.9 Å². The first kappa shape index (κ1) is 13.5. The number of benzene rings is 2. The summed E-state index contributed by atoms with van der Waals surface area (Å²) in [6, 6.07) is 9.01. The molecule has 0 unspecified atom stereocenters. The van der Waals surface area contributed by atoms with E-state index in [-0.39, 0.29) is 17.1 Å². The molecule has 0 aliphatic heterocycles. The quantitative estimate of drug-likeness (QED) is 0.838. The van der Waals surface area contributed by atoms with E-state index in [9.17, 15) is 4.79 Å². The monoisotopic (exact) mass is 297 g/mol. The summed E-state index contributed by atoms with van der Waals surface area (Å²) in [5, 5.41) is 9.87. The van der Waals surface area contributed by atoms with Gasteiger partial charge in [0.1, 0.15) is 17.1 Å². The Kier molecular flexibility index (Phi) is 3.83. The van der Waals surface area contributed by atoms with E-state index in [4.69, 9.17) is 38.8 Å². The molecule has 2 aromatic carbocycles. The van der Waals surface area contributed by atoms with Crippen LogP contribution < -0.4 is 10.5 Å². The Hall–Kier alpha value is -1.91. The van der Waals surface area contributed by atoms with Gasteiger partial charge in [0.15, 0.2) is 0 Å². The number of halogens is 2. The van der Waals surface area contributed by atoms with Crippen molar-refractivity contribution in [3.05, 3.63) is 52.0 Å². The van der Waals surface area contributed by atoms with Crippen molar-refractivity contribution in [3.8, 4) is 11.5 Å². The fourth-order valence-corrected chi connectivity index (χ4v) is 1.80. The molecule has 4 nitrogen and oxygen atoms in total. The Morgan fingerprint density at radius 1 is 1.11 bits per heavy atom. The average molecular weight is 298 g/mol. The van der Waals surface area contributed by atoms with Crippen LogP contribution in [0.15, 0.2) is 36.4 Å². The highest BCUT2D eigenvalue weighted by atomic mass is 35.5. The number of carbonyl (C=O) groups is 1. The summed E-state index contributed by atoms with van der Waals surface area (Å²) in [5.41, 5.74) is 5.84. The maximum atomic E-state index is 11.1. The SMILES string of the molecule is Nc1ccc(Oc2cc(Cl)ccc2Cl)c(C(=O)O)c1. The molecule has 0 fully saturated rings. The highest BCUT2D eigenvalue weighted by Gasteiger charge is 2.14. The van der Waals surface area contributed by atoms with E-state index in [1.54, 1.807) is 18.2 Å². The van der Waals surface area contributed by atoms with Crippen LogP contribution in [0.5, 0.6) is 11.5 Å². The molecule has 0 saturated carbocycles. The van der Waals surface area contributed by atoms with E-state index in [2.05, 4.69) is 0 Å². The highest BCUT2D eigenvalue weighted by molar-refractivity contribution is 6.34. The van der Waals surface area contributed by atoms with Crippen LogP contribution >= 0.6 is 23.2 Å². The minimum Gasteiger partial charge on any atom is -0.478 e. The number of rotatable bonds is 3. The molecule has 19 heavy (non-hydrogen) atoms. The van der Waals surface area contributed by atoms with Gasteiger partial charge in [-0.05, 0) is 30.3 Å². The fraction of sp³-hybridized carbons (Fsp3) is 0. The lowest BCUT2D eigenvalue weighted by molar-refractivity contribution is 0.0694. The summed E-state index contributed by atoms with van der Waals surface area (Å²) in [5.74, 6) is -0.715. The summed E-state index contributed by atoms with van der Waals surface area (Å²) < 4.78 is 5.48. The third kappa shape index (κ3) is 3.10. The average Bonchev–Trinajstić information content (AvgIpc) is 2.35. The maximum absolute atomic E-state index is 11.1. The molecule has 0 aliphatic carbocycles. The van der Waals surface area contributed by atoms with Crippen molar-refractivity contribution in [2.24, 2.45) is 0 Å². The Labute approximate surface area is 119 Å². The Bertz CT molecular complexity index is 644. The number of aromatic carboxylic acids is 1. The van der Waals surface area contributed by atoms with E-state index in [1.807, 2.05) is 0 Å². The van der Waals surface area contributed by atoms with Crippen LogP contribution in [0.25, 0.3) is 0 Å². The smallest absolute Gasteiger partial charge is 0.339 e. The minimum absolute atomic E-state index is 0.0453. The van der Waals surface area contributed by atoms with E-state index in [0.717, 1.165) is 0 Å². The lowest BCUT2D eigenvalue weighted by Gasteiger charge is -2.11. The first-order chi connectivity index (χ1) is 8.97. The molecule has 0 aromatic heterocycles. The second-order valence-corrected chi connectivity index (χ2v) is 4.58. The maximum Gasteiger partial charge on any atom is 0.339 e. The van der Waals surface area contributed by atoms with Crippen molar-refractivity contribution in [2.75, 3.05) is 5.73 Å². The van der Waals surface area contributed by atoms with Gasteiger partial charge < -0.3 is 15.6 Å². The van der Waals surface area contributed by atoms with Gasteiger partial charge in [-0.2, -0.15) is 0 Å². The Morgan fingerprint density at radius 3 is 2.53 bits per heavy atom. The van der Waals surface area contributed by atoms with E-state index in [1.165, 1.54) is 18.2 Å². The molecule has 0 aliphatic rings. The molecule has 0 bridgehead atoms. The van der Waals surface area contributed by atoms with E-state index >= 15 is 0 Å². The third-order valence-electron chi connectivity index (χ3n) is 2.35. The Morgan fingerprint density at radius 2 is 1.84 bits per heavy atom. The molecule has 0 amide bonds. The van der Waals surface area contributed by atoms with Gasteiger partial charge in [0.05, 0.1) is 5.02 Å². The zero-order chi connectivity index (χ0) is 14.0. The minimum atomic E-state index is -1.14. The van der Waals surface area contributed by atoms with Gasteiger partial charge in [0, 0.05) is 16.8 Å². The number of ether oxygens (including phenoxy) is 1. The molecule has 0 saturated heterocycles. The second-order valence-electron chi connectivity index (χ2n) is 3.74. The van der Waals surface area contributed by atoms with Crippen molar-refractivity contribution in [3.63, 3.8) is 0 Å². The van der Waals surface area contributed by atoms with Crippen molar-refractivity contribution in [1.82, 2.24) is 0 Å². The van der Waals surface area contributed by atoms with E-state index < -0.39 is 5.97 Å². The molecule has 3 N–H and O–H groups in total. The largest absolute Gasteiger partial charge is 0.478 e. The normalized spacial score (nSPS) is 10.2. The number of carboxylic acid groups (broad SMARTS) is 1. The van der Waals surface area contributed by atoms with Crippen LogP contribution in [0.2, 0.25) is 10.0 Å². The van der Waals surface area contributed by atoms with Gasteiger partial charge >= 0.3 is 5.97 Å². The summed E-state index contributed by atoms with van der Waals surface area (Å²) in [7, 11) is 0. The third-order valence-corrected chi connectivity index (χ3v) is 2.89. The van der Waals surface area contributed by atoms with Gasteiger partial charge in [-0.25, -0.2) is 4.79 Å².